The first-order valence-corrected chi connectivity index (χ1v) is 8.42. The Hall–Kier alpha value is -3.62. The standard InChI is InChI=1S/C19H17FN4O4/c1-27-14-8-6-13(7-9-14)17(25)12-28-18(26)10-11-24-22-19(21-23-24)15-4-2-3-5-16(15)20/h2-9H,10-12H2,1H3. The lowest BCUT2D eigenvalue weighted by atomic mass is 10.1. The van der Waals surface area contributed by atoms with Crippen molar-refractivity contribution in [2.24, 2.45) is 0 Å². The number of methoxy groups -OCH3 is 1. The second-order valence-corrected chi connectivity index (χ2v) is 5.75. The average molecular weight is 384 g/mol. The van der Waals surface area contributed by atoms with Crippen molar-refractivity contribution in [3.05, 3.63) is 59.9 Å². The Labute approximate surface area is 159 Å². The second kappa shape index (κ2) is 8.85. The van der Waals surface area contributed by atoms with Gasteiger partial charge in [0.2, 0.25) is 5.82 Å². The minimum absolute atomic E-state index is 0.0526. The summed E-state index contributed by atoms with van der Waals surface area (Å²) < 4.78 is 23.7. The highest BCUT2D eigenvalue weighted by molar-refractivity contribution is 5.98. The number of esters is 1. The molecular weight excluding hydrogens is 367 g/mol. The summed E-state index contributed by atoms with van der Waals surface area (Å²) in [6, 6.07) is 12.6. The molecule has 0 amide bonds. The number of ether oxygens (including phenoxy) is 2. The van der Waals surface area contributed by atoms with Crippen molar-refractivity contribution in [3.8, 4) is 17.1 Å². The first kappa shape index (κ1) is 19.2. The largest absolute Gasteiger partial charge is 0.497 e. The summed E-state index contributed by atoms with van der Waals surface area (Å²) in [6.07, 6.45) is -0.0526. The normalized spacial score (nSPS) is 10.5. The Morgan fingerprint density at radius 3 is 2.57 bits per heavy atom. The van der Waals surface area contributed by atoms with Gasteiger partial charge in [0, 0.05) is 5.56 Å². The van der Waals surface area contributed by atoms with Crippen LogP contribution in [0.3, 0.4) is 0 Å². The van der Waals surface area contributed by atoms with Crippen LogP contribution in [0.15, 0.2) is 48.5 Å². The molecular formula is C19H17FN4O4. The van der Waals surface area contributed by atoms with Crippen LogP contribution in [0.1, 0.15) is 16.8 Å². The molecule has 0 saturated heterocycles. The monoisotopic (exact) mass is 384 g/mol. The van der Waals surface area contributed by atoms with Crippen molar-refractivity contribution in [1.29, 1.82) is 0 Å². The maximum absolute atomic E-state index is 13.7. The highest BCUT2D eigenvalue weighted by Gasteiger charge is 2.13. The van der Waals surface area contributed by atoms with Crippen molar-refractivity contribution < 1.29 is 23.5 Å². The molecule has 0 N–H and O–H groups in total. The SMILES string of the molecule is COc1ccc(C(=O)COC(=O)CCn2nnc(-c3ccccc3F)n2)cc1. The van der Waals surface area contributed by atoms with Gasteiger partial charge >= 0.3 is 5.97 Å². The number of hydrogen-bond acceptors (Lipinski definition) is 7. The van der Waals surface area contributed by atoms with Crippen LogP contribution >= 0.6 is 0 Å². The Bertz CT molecular complexity index is 972. The lowest BCUT2D eigenvalue weighted by Gasteiger charge is -2.05. The third kappa shape index (κ3) is 4.76. The molecule has 0 atom stereocenters. The first-order chi connectivity index (χ1) is 13.6. The van der Waals surface area contributed by atoms with Gasteiger partial charge in [0.15, 0.2) is 12.4 Å². The molecule has 144 valence electrons. The molecule has 0 bridgehead atoms. The average Bonchev–Trinajstić information content (AvgIpc) is 3.19. The number of nitrogens with zero attached hydrogens (tertiary/aromatic N) is 4. The van der Waals surface area contributed by atoms with Gasteiger partial charge in [0.05, 0.1) is 25.6 Å². The van der Waals surface area contributed by atoms with Gasteiger partial charge in [-0.2, -0.15) is 4.80 Å². The van der Waals surface area contributed by atoms with Gasteiger partial charge in [-0.25, -0.2) is 4.39 Å². The number of aromatic nitrogens is 4. The van der Waals surface area contributed by atoms with E-state index >= 15 is 0 Å². The topological polar surface area (TPSA) is 96.2 Å². The van der Waals surface area contributed by atoms with Crippen LogP contribution in [0.4, 0.5) is 4.39 Å². The van der Waals surface area contributed by atoms with E-state index in [4.69, 9.17) is 9.47 Å². The number of hydrogen-bond donors (Lipinski definition) is 0. The zero-order valence-corrected chi connectivity index (χ0v) is 15.0. The summed E-state index contributed by atoms with van der Waals surface area (Å²) >= 11 is 0. The molecule has 0 aliphatic heterocycles. The summed E-state index contributed by atoms with van der Waals surface area (Å²) in [5.74, 6) is -0.605. The summed E-state index contributed by atoms with van der Waals surface area (Å²) in [7, 11) is 1.53. The van der Waals surface area contributed by atoms with Gasteiger partial charge in [0.25, 0.3) is 0 Å². The minimum Gasteiger partial charge on any atom is -0.497 e. The van der Waals surface area contributed by atoms with Crippen LogP contribution < -0.4 is 4.74 Å². The van der Waals surface area contributed by atoms with Crippen molar-refractivity contribution >= 4 is 11.8 Å². The molecule has 0 aliphatic carbocycles. The quantitative estimate of drug-likeness (QED) is 0.434. The molecule has 2 aromatic carbocycles. The molecule has 3 aromatic rings. The van der Waals surface area contributed by atoms with Gasteiger partial charge in [-0.1, -0.05) is 12.1 Å². The molecule has 1 heterocycles. The van der Waals surface area contributed by atoms with Crippen LogP contribution in [0.25, 0.3) is 11.4 Å². The van der Waals surface area contributed by atoms with Crippen LogP contribution in [0.2, 0.25) is 0 Å². The number of halogens is 1. The molecule has 28 heavy (non-hydrogen) atoms. The number of carbonyl (C=O) groups excluding carboxylic acids is 2. The van der Waals surface area contributed by atoms with Gasteiger partial charge in [-0.15, -0.1) is 10.2 Å². The fourth-order valence-electron chi connectivity index (χ4n) is 2.36. The fraction of sp³-hybridized carbons (Fsp3) is 0.211. The van der Waals surface area contributed by atoms with E-state index in [2.05, 4.69) is 15.4 Å². The Morgan fingerprint density at radius 2 is 1.86 bits per heavy atom. The van der Waals surface area contributed by atoms with E-state index in [9.17, 15) is 14.0 Å². The molecule has 0 unspecified atom stereocenters. The molecule has 8 nitrogen and oxygen atoms in total. The second-order valence-electron chi connectivity index (χ2n) is 5.75. The molecule has 3 rings (SSSR count). The lowest BCUT2D eigenvalue weighted by Crippen LogP contribution is -2.16. The van der Waals surface area contributed by atoms with Crippen molar-refractivity contribution in [3.63, 3.8) is 0 Å². The highest BCUT2D eigenvalue weighted by Crippen LogP contribution is 2.17. The van der Waals surface area contributed by atoms with Gasteiger partial charge in [-0.3, -0.25) is 9.59 Å². The van der Waals surface area contributed by atoms with Gasteiger partial charge < -0.3 is 9.47 Å². The number of carbonyl (C=O) groups is 2. The zero-order valence-electron chi connectivity index (χ0n) is 15.0. The van der Waals surface area contributed by atoms with Crippen molar-refractivity contribution in [2.45, 2.75) is 13.0 Å². The van der Waals surface area contributed by atoms with E-state index in [-0.39, 0.29) is 36.7 Å². The first-order valence-electron chi connectivity index (χ1n) is 8.42. The maximum atomic E-state index is 13.7. The Balaban J connectivity index is 1.48. The van der Waals surface area contributed by atoms with E-state index in [0.717, 1.165) is 0 Å². The van der Waals surface area contributed by atoms with E-state index in [1.54, 1.807) is 36.4 Å². The zero-order chi connectivity index (χ0) is 19.9. The maximum Gasteiger partial charge on any atom is 0.308 e. The summed E-state index contributed by atoms with van der Waals surface area (Å²) in [4.78, 5) is 25.0. The number of rotatable bonds is 8. The molecule has 0 spiro atoms. The van der Waals surface area contributed by atoms with Crippen LogP contribution in [0, 0.1) is 5.82 Å². The number of tetrazole rings is 1. The number of Topliss-reactive ketones (excluding diaryl/α,β-unsaturated/α-hetero) is 1. The molecule has 0 radical (unpaired) electrons. The highest BCUT2D eigenvalue weighted by atomic mass is 19.1. The van der Waals surface area contributed by atoms with E-state index in [1.165, 1.54) is 24.0 Å². The number of aryl methyl sites for hydroxylation is 1. The minimum atomic E-state index is -0.577. The van der Waals surface area contributed by atoms with Crippen LogP contribution in [-0.4, -0.2) is 45.7 Å². The van der Waals surface area contributed by atoms with Gasteiger partial charge in [-0.05, 0) is 41.6 Å². The third-order valence-electron chi connectivity index (χ3n) is 3.86. The summed E-state index contributed by atoms with van der Waals surface area (Å²) in [5.41, 5.74) is 0.641. The lowest BCUT2D eigenvalue weighted by molar-refractivity contribution is -0.142. The third-order valence-corrected chi connectivity index (χ3v) is 3.86. The molecule has 0 fully saturated rings. The Morgan fingerprint density at radius 1 is 1.11 bits per heavy atom. The number of ketones is 1. The fourth-order valence-corrected chi connectivity index (χ4v) is 2.36. The molecule has 0 aliphatic rings. The van der Waals surface area contributed by atoms with E-state index < -0.39 is 11.8 Å². The predicted molar refractivity (Wildman–Crippen MR) is 96.1 cm³/mol. The Kier molecular flexibility index (Phi) is 6.05. The molecule has 0 saturated carbocycles. The number of benzene rings is 2. The van der Waals surface area contributed by atoms with Crippen molar-refractivity contribution in [1.82, 2.24) is 20.2 Å². The van der Waals surface area contributed by atoms with Gasteiger partial charge in [0.1, 0.15) is 11.6 Å². The molecule has 9 heteroatoms. The smallest absolute Gasteiger partial charge is 0.308 e. The predicted octanol–water partition coefficient (Wildman–Crippen LogP) is 2.30. The summed E-state index contributed by atoms with van der Waals surface area (Å²) in [5, 5.41) is 11.6. The van der Waals surface area contributed by atoms with Crippen LogP contribution in [-0.2, 0) is 16.1 Å². The van der Waals surface area contributed by atoms with Crippen molar-refractivity contribution in [2.75, 3.05) is 13.7 Å². The van der Waals surface area contributed by atoms with E-state index in [1.807, 2.05) is 0 Å². The summed E-state index contributed by atoms with van der Waals surface area (Å²) in [6.45, 7) is -0.270. The van der Waals surface area contributed by atoms with Crippen LogP contribution in [0.5, 0.6) is 5.75 Å². The van der Waals surface area contributed by atoms with E-state index in [0.29, 0.717) is 11.3 Å². The molecule has 1 aromatic heterocycles.